The lowest BCUT2D eigenvalue weighted by Crippen LogP contribution is -2.09. The third-order valence-electron chi connectivity index (χ3n) is 4.62. The van der Waals surface area contributed by atoms with Gasteiger partial charge in [0.2, 0.25) is 0 Å². The van der Waals surface area contributed by atoms with Crippen LogP contribution in [0.3, 0.4) is 0 Å². The number of hydrogen-bond acceptors (Lipinski definition) is 5. The molecule has 30 heavy (non-hydrogen) atoms. The summed E-state index contributed by atoms with van der Waals surface area (Å²) in [6.07, 6.45) is 2.58. The minimum Gasteiger partial charge on any atom is -0.512 e. The van der Waals surface area contributed by atoms with Crippen molar-refractivity contribution in [3.63, 3.8) is 0 Å². The lowest BCUT2D eigenvalue weighted by atomic mass is 9.99. The number of esters is 1. The molecular formula is C25H31NO4. The maximum Gasteiger partial charge on any atom is 0.310 e. The average Bonchev–Trinajstić information content (AvgIpc) is 2.72. The topological polar surface area (TPSA) is 81.8 Å². The zero-order valence-corrected chi connectivity index (χ0v) is 18.1. The Kier molecular flexibility index (Phi) is 8.69. The smallest absolute Gasteiger partial charge is 0.310 e. The van der Waals surface area contributed by atoms with Gasteiger partial charge in [-0.25, -0.2) is 0 Å². The second-order valence-electron chi connectivity index (χ2n) is 7.07. The molecule has 2 aromatic rings. The fraction of sp³-hybridized carbons (Fsp3) is 0.320. The van der Waals surface area contributed by atoms with Crippen LogP contribution >= 0.6 is 0 Å². The van der Waals surface area contributed by atoms with Crippen LogP contribution in [0.1, 0.15) is 56.8 Å². The molecule has 2 aromatic carbocycles. The molecule has 0 aliphatic carbocycles. The van der Waals surface area contributed by atoms with Gasteiger partial charge in [0.25, 0.3) is 0 Å². The molecule has 0 spiro atoms. The zero-order chi connectivity index (χ0) is 22.1. The Balaban J connectivity index is 2.36. The Morgan fingerprint density at radius 1 is 1.17 bits per heavy atom. The molecule has 0 aromatic heterocycles. The summed E-state index contributed by atoms with van der Waals surface area (Å²) in [7, 11) is 0. The predicted molar refractivity (Wildman–Crippen MR) is 120 cm³/mol. The van der Waals surface area contributed by atoms with E-state index in [4.69, 9.17) is 15.2 Å². The fourth-order valence-electron chi connectivity index (χ4n) is 3.01. The molecule has 2 rings (SSSR count). The van der Waals surface area contributed by atoms with Crippen LogP contribution in [-0.4, -0.2) is 17.7 Å². The number of aliphatic hydroxyl groups is 1. The molecule has 5 nitrogen and oxygen atoms in total. The van der Waals surface area contributed by atoms with Gasteiger partial charge in [-0.1, -0.05) is 43.3 Å². The van der Waals surface area contributed by atoms with Crippen molar-refractivity contribution in [2.45, 2.75) is 46.6 Å². The van der Waals surface area contributed by atoms with E-state index in [0.717, 1.165) is 16.7 Å². The van der Waals surface area contributed by atoms with Crippen molar-refractivity contribution >= 4 is 11.5 Å². The van der Waals surface area contributed by atoms with E-state index in [1.165, 1.54) is 0 Å². The highest BCUT2D eigenvalue weighted by atomic mass is 16.5. The third-order valence-corrected chi connectivity index (χ3v) is 4.62. The number of allylic oxidation sites excluding steroid dienone is 4. The normalized spacial score (nSPS) is 13.4. The molecule has 0 fully saturated rings. The molecule has 0 aliphatic rings. The van der Waals surface area contributed by atoms with Gasteiger partial charge < -0.3 is 20.3 Å². The number of carbonyl (C=O) groups is 1. The molecule has 0 radical (unpaired) electrons. The first-order chi connectivity index (χ1) is 14.3. The van der Waals surface area contributed by atoms with Crippen LogP contribution in [0.2, 0.25) is 0 Å². The van der Waals surface area contributed by atoms with Gasteiger partial charge in [0, 0.05) is 23.6 Å². The van der Waals surface area contributed by atoms with E-state index in [9.17, 15) is 9.90 Å². The van der Waals surface area contributed by atoms with Gasteiger partial charge in [0.05, 0.1) is 18.8 Å². The van der Waals surface area contributed by atoms with E-state index >= 15 is 0 Å². The summed E-state index contributed by atoms with van der Waals surface area (Å²) in [6, 6.07) is 15.1. The number of para-hydroxylation sites is 1. The Labute approximate surface area is 178 Å². The van der Waals surface area contributed by atoms with E-state index in [2.05, 4.69) is 0 Å². The fourth-order valence-corrected chi connectivity index (χ4v) is 3.01. The van der Waals surface area contributed by atoms with Crippen molar-refractivity contribution in [1.29, 1.82) is 0 Å². The highest BCUT2D eigenvalue weighted by molar-refractivity contribution is 5.76. The number of carbonyl (C=O) groups excluding carboxylic acids is 1. The monoisotopic (exact) mass is 409 g/mol. The highest BCUT2D eigenvalue weighted by Gasteiger charge is 2.13. The molecule has 0 aliphatic heterocycles. The predicted octanol–water partition coefficient (Wildman–Crippen LogP) is 5.47. The third kappa shape index (κ3) is 6.49. The molecule has 0 saturated carbocycles. The summed E-state index contributed by atoms with van der Waals surface area (Å²) in [5.74, 6) is 1.15. The van der Waals surface area contributed by atoms with Gasteiger partial charge >= 0.3 is 5.97 Å². The minimum absolute atomic E-state index is 0.106. The summed E-state index contributed by atoms with van der Waals surface area (Å²) < 4.78 is 11.2. The average molecular weight is 410 g/mol. The van der Waals surface area contributed by atoms with E-state index in [1.807, 2.05) is 68.5 Å². The van der Waals surface area contributed by atoms with Gasteiger partial charge in [-0.2, -0.15) is 0 Å². The first kappa shape index (κ1) is 23.2. The molecule has 160 valence electrons. The lowest BCUT2D eigenvalue weighted by Gasteiger charge is -2.15. The largest absolute Gasteiger partial charge is 0.512 e. The Morgan fingerprint density at radius 2 is 1.90 bits per heavy atom. The molecule has 0 heterocycles. The van der Waals surface area contributed by atoms with E-state index in [0.29, 0.717) is 30.1 Å². The molecule has 3 N–H and O–H groups in total. The van der Waals surface area contributed by atoms with E-state index in [-0.39, 0.29) is 24.2 Å². The molecule has 1 atom stereocenters. The lowest BCUT2D eigenvalue weighted by molar-refractivity contribution is -0.142. The van der Waals surface area contributed by atoms with Gasteiger partial charge in [-0.05, 0) is 50.1 Å². The summed E-state index contributed by atoms with van der Waals surface area (Å²) >= 11 is 0. The van der Waals surface area contributed by atoms with Gasteiger partial charge in [0.15, 0.2) is 0 Å². The van der Waals surface area contributed by atoms with Crippen LogP contribution < -0.4 is 10.5 Å². The van der Waals surface area contributed by atoms with Crippen molar-refractivity contribution in [2.75, 3.05) is 6.61 Å². The van der Waals surface area contributed by atoms with Crippen LogP contribution in [0.5, 0.6) is 5.75 Å². The standard InChI is InChI=1S/C25H31NO4/c1-5-22(30-24-13-8-7-10-21(24)15-25(28)29-6-2)16-23(18(4)27)20-12-9-11-19(14-20)17(3)26/h7-14,16-17,27H,5-6,15,26H2,1-4H3/b22-16+,23-18-/t17-/m1/s1. The van der Waals surface area contributed by atoms with Crippen LogP contribution in [0.25, 0.3) is 5.57 Å². The molecular weight excluding hydrogens is 378 g/mol. The SMILES string of the molecule is CCOC(=O)Cc1ccccc1O/C(=C/C(=C(\C)O)c1cccc([C@@H](C)N)c1)CC. The summed E-state index contributed by atoms with van der Waals surface area (Å²) in [5, 5.41) is 10.3. The Hall–Kier alpha value is -3.05. The quantitative estimate of drug-likeness (QED) is 0.326. The molecule has 0 amide bonds. The zero-order valence-electron chi connectivity index (χ0n) is 18.1. The number of ether oxygens (including phenoxy) is 2. The van der Waals surface area contributed by atoms with Crippen molar-refractivity contribution in [3.05, 3.63) is 82.8 Å². The summed E-state index contributed by atoms with van der Waals surface area (Å²) in [5.41, 5.74) is 9.27. The first-order valence-corrected chi connectivity index (χ1v) is 10.2. The van der Waals surface area contributed by atoms with Crippen molar-refractivity contribution in [2.24, 2.45) is 5.73 Å². The van der Waals surface area contributed by atoms with Crippen LogP contribution in [0.4, 0.5) is 0 Å². The summed E-state index contributed by atoms with van der Waals surface area (Å²) in [4.78, 5) is 11.9. The second kappa shape index (κ2) is 11.2. The first-order valence-electron chi connectivity index (χ1n) is 10.2. The highest BCUT2D eigenvalue weighted by Crippen LogP contribution is 2.27. The van der Waals surface area contributed by atoms with Crippen molar-refractivity contribution in [3.8, 4) is 5.75 Å². The van der Waals surface area contributed by atoms with Crippen LogP contribution in [0.15, 0.2) is 66.1 Å². The molecule has 5 heteroatoms. The van der Waals surface area contributed by atoms with Gasteiger partial charge in [-0.3, -0.25) is 4.79 Å². The van der Waals surface area contributed by atoms with E-state index < -0.39 is 0 Å². The van der Waals surface area contributed by atoms with Crippen LogP contribution in [-0.2, 0) is 16.0 Å². The molecule has 0 saturated heterocycles. The minimum atomic E-state index is -0.296. The van der Waals surface area contributed by atoms with Gasteiger partial charge in [0.1, 0.15) is 11.5 Å². The van der Waals surface area contributed by atoms with Gasteiger partial charge in [-0.15, -0.1) is 0 Å². The van der Waals surface area contributed by atoms with E-state index in [1.54, 1.807) is 13.8 Å². The number of hydrogen-bond donors (Lipinski definition) is 2. The maximum atomic E-state index is 11.9. The number of benzene rings is 2. The maximum absolute atomic E-state index is 11.9. The number of nitrogens with two attached hydrogens (primary N) is 1. The van der Waals surface area contributed by atoms with Crippen molar-refractivity contribution < 1.29 is 19.4 Å². The second-order valence-corrected chi connectivity index (χ2v) is 7.07. The molecule has 0 bridgehead atoms. The summed E-state index contributed by atoms with van der Waals surface area (Å²) in [6.45, 7) is 7.66. The number of rotatable bonds is 9. The Morgan fingerprint density at radius 3 is 2.53 bits per heavy atom. The number of aliphatic hydroxyl groups excluding tert-OH is 1. The Bertz CT molecular complexity index is 924. The van der Waals surface area contributed by atoms with Crippen molar-refractivity contribution in [1.82, 2.24) is 0 Å². The van der Waals surface area contributed by atoms with Crippen LogP contribution in [0, 0.1) is 0 Å². The molecule has 0 unspecified atom stereocenters.